The van der Waals surface area contributed by atoms with Crippen LogP contribution in [0, 0.1) is 0 Å². The van der Waals surface area contributed by atoms with E-state index in [0.29, 0.717) is 24.6 Å². The molecule has 0 bridgehead atoms. The van der Waals surface area contributed by atoms with Crippen molar-refractivity contribution >= 4 is 27.4 Å². The number of nitrogens with two attached hydrogens (primary N) is 1. The maximum Gasteiger partial charge on any atom is 0.279 e. The molecule has 0 saturated heterocycles. The van der Waals surface area contributed by atoms with Gasteiger partial charge in [-0.3, -0.25) is 0 Å². The molecule has 0 saturated carbocycles. The Balaban J connectivity index is 4.47. The molecule has 0 aliphatic heterocycles. The number of nitrogens with zero attached hydrogens (tertiary/aromatic N) is 1. The number of hydrogen-bond donors (Lipinski definition) is 2. The Kier molecular flexibility index (Phi) is 8.61. The van der Waals surface area contributed by atoms with Gasteiger partial charge in [-0.05, 0) is 6.42 Å². The van der Waals surface area contributed by atoms with Crippen LogP contribution in [0.1, 0.15) is 19.8 Å². The first-order chi connectivity index (χ1) is 7.94. The second-order valence-corrected chi connectivity index (χ2v) is 5.79. The van der Waals surface area contributed by atoms with Gasteiger partial charge in [-0.25, -0.2) is 4.72 Å². The monoisotopic (exact) mass is 283 g/mol. The summed E-state index contributed by atoms with van der Waals surface area (Å²) < 4.78 is 32.4. The molecule has 0 radical (unpaired) electrons. The Morgan fingerprint density at radius 2 is 2.12 bits per heavy atom. The van der Waals surface area contributed by atoms with Gasteiger partial charge in [0, 0.05) is 33.2 Å². The molecule has 3 N–H and O–H groups in total. The van der Waals surface area contributed by atoms with Crippen LogP contribution in [0.25, 0.3) is 0 Å². The molecule has 0 unspecified atom stereocenters. The fraction of sp³-hybridized carbons (Fsp3) is 0.889. The highest BCUT2D eigenvalue weighted by molar-refractivity contribution is 7.87. The quantitative estimate of drug-likeness (QED) is 0.545. The van der Waals surface area contributed by atoms with Crippen LogP contribution in [0.15, 0.2) is 0 Å². The molecule has 102 valence electrons. The van der Waals surface area contributed by atoms with Crippen LogP contribution in [0.3, 0.4) is 0 Å². The maximum atomic E-state index is 11.9. The molecule has 0 aromatic rings. The highest BCUT2D eigenvalue weighted by Crippen LogP contribution is 2.00. The van der Waals surface area contributed by atoms with E-state index >= 15 is 0 Å². The molecule has 0 heterocycles. The Hall–Kier alpha value is -0.280. The zero-order chi connectivity index (χ0) is 13.3. The summed E-state index contributed by atoms with van der Waals surface area (Å²) in [5.41, 5.74) is 5.37. The maximum absolute atomic E-state index is 11.9. The Morgan fingerprint density at radius 1 is 1.47 bits per heavy atom. The largest absolute Gasteiger partial charge is 0.393 e. The molecule has 0 aromatic heterocycles. The lowest BCUT2D eigenvalue weighted by molar-refractivity contribution is 0.179. The predicted octanol–water partition coefficient (Wildman–Crippen LogP) is -0.145. The van der Waals surface area contributed by atoms with E-state index in [1.807, 2.05) is 6.92 Å². The van der Waals surface area contributed by atoms with Gasteiger partial charge < -0.3 is 10.5 Å². The number of ether oxygens (including phenoxy) is 1. The topological polar surface area (TPSA) is 84.7 Å². The molecule has 8 heteroatoms. The third kappa shape index (κ3) is 7.61. The van der Waals surface area contributed by atoms with Crippen LogP contribution in [0.5, 0.6) is 0 Å². The number of rotatable bonds is 10. The lowest BCUT2D eigenvalue weighted by atomic mass is 10.4. The second-order valence-electron chi connectivity index (χ2n) is 3.51. The van der Waals surface area contributed by atoms with Gasteiger partial charge in [-0.15, -0.1) is 0 Å². The molecular formula is C9H21N3O3S2. The van der Waals surface area contributed by atoms with E-state index in [-0.39, 0.29) is 13.1 Å². The minimum atomic E-state index is -3.46. The van der Waals surface area contributed by atoms with E-state index in [0.717, 1.165) is 6.42 Å². The molecule has 0 aliphatic rings. The first kappa shape index (κ1) is 16.7. The van der Waals surface area contributed by atoms with Crippen LogP contribution in [0.2, 0.25) is 0 Å². The van der Waals surface area contributed by atoms with E-state index in [9.17, 15) is 8.42 Å². The molecule has 0 aromatic carbocycles. The molecule has 0 amide bonds. The van der Waals surface area contributed by atoms with Gasteiger partial charge in [0.1, 0.15) is 0 Å². The molecule has 0 aliphatic carbocycles. The van der Waals surface area contributed by atoms with Crippen molar-refractivity contribution in [2.45, 2.75) is 19.8 Å². The van der Waals surface area contributed by atoms with Crippen molar-refractivity contribution in [2.75, 3.05) is 33.4 Å². The second kappa shape index (κ2) is 8.76. The van der Waals surface area contributed by atoms with Crippen LogP contribution in [-0.2, 0) is 14.9 Å². The molecule has 6 nitrogen and oxygen atoms in total. The summed E-state index contributed by atoms with van der Waals surface area (Å²) in [5.74, 6) is 0. The first-order valence-corrected chi connectivity index (χ1v) is 7.30. The lowest BCUT2D eigenvalue weighted by Gasteiger charge is -2.21. The van der Waals surface area contributed by atoms with Gasteiger partial charge in [-0.1, -0.05) is 19.1 Å². The van der Waals surface area contributed by atoms with E-state index in [4.69, 9.17) is 22.7 Å². The number of nitrogens with one attached hydrogen (secondary N) is 1. The van der Waals surface area contributed by atoms with Crippen molar-refractivity contribution in [1.82, 2.24) is 9.03 Å². The zero-order valence-corrected chi connectivity index (χ0v) is 11.9. The number of thiocarbonyl (C=S) groups is 1. The van der Waals surface area contributed by atoms with Crippen molar-refractivity contribution in [3.63, 3.8) is 0 Å². The van der Waals surface area contributed by atoms with Crippen LogP contribution < -0.4 is 10.5 Å². The van der Waals surface area contributed by atoms with E-state index in [2.05, 4.69) is 4.72 Å². The normalized spacial score (nSPS) is 11.9. The van der Waals surface area contributed by atoms with Gasteiger partial charge in [0.15, 0.2) is 0 Å². The summed E-state index contributed by atoms with van der Waals surface area (Å²) in [6.45, 7) is 3.22. The van der Waals surface area contributed by atoms with Crippen LogP contribution in [-0.4, -0.2) is 51.1 Å². The summed E-state index contributed by atoms with van der Waals surface area (Å²) in [5, 5.41) is 0. The first-order valence-electron chi connectivity index (χ1n) is 5.46. The van der Waals surface area contributed by atoms with Crippen LogP contribution in [0.4, 0.5) is 0 Å². The van der Waals surface area contributed by atoms with Crippen molar-refractivity contribution in [2.24, 2.45) is 5.73 Å². The Bertz CT molecular complexity index is 319. The standard InChI is InChI=1S/C9H21N3O3S2/c1-3-5-11-17(13,14)12(7-8-15-2)6-4-9(10)16/h11H,3-8H2,1-2H3,(H2,10,16). The third-order valence-electron chi connectivity index (χ3n) is 2.03. The summed E-state index contributed by atoms with van der Waals surface area (Å²) in [6, 6.07) is 0. The van der Waals surface area contributed by atoms with Crippen molar-refractivity contribution < 1.29 is 13.2 Å². The average Bonchev–Trinajstić information content (AvgIpc) is 2.25. The van der Waals surface area contributed by atoms with Crippen molar-refractivity contribution in [3.05, 3.63) is 0 Å². The van der Waals surface area contributed by atoms with Gasteiger partial charge in [0.05, 0.1) is 11.6 Å². The predicted molar refractivity (Wildman–Crippen MR) is 72.1 cm³/mol. The highest BCUT2D eigenvalue weighted by Gasteiger charge is 2.20. The molecule has 0 fully saturated rings. The van der Waals surface area contributed by atoms with Gasteiger partial charge in [0.25, 0.3) is 10.2 Å². The number of hydrogen-bond acceptors (Lipinski definition) is 4. The lowest BCUT2D eigenvalue weighted by Crippen LogP contribution is -2.43. The average molecular weight is 283 g/mol. The summed E-state index contributed by atoms with van der Waals surface area (Å²) in [6.07, 6.45) is 1.11. The highest BCUT2D eigenvalue weighted by atomic mass is 32.2. The minimum absolute atomic E-state index is 0.276. The Labute approximate surface area is 109 Å². The fourth-order valence-corrected chi connectivity index (χ4v) is 2.48. The van der Waals surface area contributed by atoms with E-state index < -0.39 is 10.2 Å². The summed E-state index contributed by atoms with van der Waals surface area (Å²) in [7, 11) is -1.94. The summed E-state index contributed by atoms with van der Waals surface area (Å²) in [4.78, 5) is 0.304. The van der Waals surface area contributed by atoms with Crippen LogP contribution >= 0.6 is 12.2 Å². The SMILES string of the molecule is CCCNS(=O)(=O)N(CCOC)CCC(N)=S. The third-order valence-corrected chi connectivity index (χ3v) is 3.84. The Morgan fingerprint density at radius 3 is 2.59 bits per heavy atom. The zero-order valence-electron chi connectivity index (χ0n) is 10.3. The minimum Gasteiger partial charge on any atom is -0.393 e. The fourth-order valence-electron chi connectivity index (χ4n) is 1.10. The smallest absolute Gasteiger partial charge is 0.279 e. The van der Waals surface area contributed by atoms with Crippen molar-refractivity contribution in [3.8, 4) is 0 Å². The van der Waals surface area contributed by atoms with E-state index in [1.165, 1.54) is 11.4 Å². The van der Waals surface area contributed by atoms with Gasteiger partial charge in [-0.2, -0.15) is 12.7 Å². The van der Waals surface area contributed by atoms with Gasteiger partial charge >= 0.3 is 0 Å². The summed E-state index contributed by atoms with van der Waals surface area (Å²) >= 11 is 4.74. The van der Waals surface area contributed by atoms with Crippen molar-refractivity contribution in [1.29, 1.82) is 0 Å². The molecule has 0 rings (SSSR count). The molecular weight excluding hydrogens is 262 g/mol. The number of methoxy groups -OCH3 is 1. The molecule has 17 heavy (non-hydrogen) atoms. The van der Waals surface area contributed by atoms with E-state index in [1.54, 1.807) is 0 Å². The molecule has 0 atom stereocenters. The van der Waals surface area contributed by atoms with Gasteiger partial charge in [0.2, 0.25) is 0 Å². The molecule has 0 spiro atoms.